The van der Waals surface area contributed by atoms with Crippen LogP contribution in [-0.4, -0.2) is 106 Å². The number of amides is 4. The number of ether oxygens (including phenoxy) is 3. The molecule has 4 amide bonds. The van der Waals surface area contributed by atoms with Gasteiger partial charge in [-0.1, -0.05) is 39.0 Å². The van der Waals surface area contributed by atoms with Crippen molar-refractivity contribution < 1.29 is 46.6 Å². The number of aromatic amines is 1. The Morgan fingerprint density at radius 3 is 2.36 bits per heavy atom. The van der Waals surface area contributed by atoms with Gasteiger partial charge in [-0.15, -0.1) is 13.2 Å². The van der Waals surface area contributed by atoms with Crippen molar-refractivity contribution >= 4 is 57.3 Å². The van der Waals surface area contributed by atoms with Gasteiger partial charge in [0.1, 0.15) is 29.0 Å². The lowest BCUT2D eigenvalue weighted by atomic mass is 9.98. The number of alkyl carbamates (subject to hydrolysis) is 1. The number of nitrogens with zero attached hydrogens (tertiary/aromatic N) is 5. The molecule has 2 aromatic heterocycles. The van der Waals surface area contributed by atoms with Gasteiger partial charge in [0, 0.05) is 48.7 Å². The molecule has 2 fully saturated rings. The van der Waals surface area contributed by atoms with Crippen LogP contribution < -0.4 is 20.3 Å². The van der Waals surface area contributed by atoms with Crippen LogP contribution in [0.4, 0.5) is 34.3 Å². The zero-order valence-corrected chi connectivity index (χ0v) is 37.0. The zero-order valence-electron chi connectivity index (χ0n) is 37.0. The number of hydrogen-bond donors (Lipinski definition) is 3. The monoisotopic (exact) mass is 886 g/mol. The maximum atomic E-state index is 13.9. The Kier molecular flexibility index (Phi) is 12.7. The number of benzene rings is 3. The van der Waals surface area contributed by atoms with Crippen LogP contribution in [0.2, 0.25) is 0 Å². The van der Waals surface area contributed by atoms with Gasteiger partial charge in [-0.25, -0.2) is 19.6 Å². The summed E-state index contributed by atoms with van der Waals surface area (Å²) in [7, 11) is 1.24. The third-order valence-corrected chi connectivity index (χ3v) is 11.3. The van der Waals surface area contributed by atoms with Gasteiger partial charge in [0.2, 0.25) is 5.91 Å². The van der Waals surface area contributed by atoms with Crippen LogP contribution in [0.5, 0.6) is 5.75 Å². The van der Waals surface area contributed by atoms with E-state index in [0.717, 1.165) is 11.5 Å². The van der Waals surface area contributed by atoms with E-state index in [1.165, 1.54) is 25.4 Å². The average molecular weight is 887 g/mol. The lowest BCUT2D eigenvalue weighted by Gasteiger charge is -2.40. The van der Waals surface area contributed by atoms with E-state index in [1.54, 1.807) is 40.1 Å². The summed E-state index contributed by atoms with van der Waals surface area (Å²) in [6.45, 7) is 15.0. The lowest BCUT2D eigenvalue weighted by molar-refractivity contribution is -0.274. The van der Waals surface area contributed by atoms with E-state index in [9.17, 15) is 32.3 Å². The van der Waals surface area contributed by atoms with Crippen molar-refractivity contribution in [2.45, 2.75) is 85.0 Å². The van der Waals surface area contributed by atoms with Gasteiger partial charge in [-0.05, 0) is 99.4 Å². The minimum Gasteiger partial charge on any atom is -0.453 e. The predicted molar refractivity (Wildman–Crippen MR) is 235 cm³/mol. The first-order valence-electron chi connectivity index (χ1n) is 21.2. The molecule has 2 saturated heterocycles. The molecular formula is C46H53F3N8O7. The van der Waals surface area contributed by atoms with Crippen molar-refractivity contribution in [3.63, 3.8) is 0 Å². The number of pyridine rings is 1. The molecule has 4 heterocycles. The van der Waals surface area contributed by atoms with Crippen LogP contribution in [0, 0.1) is 11.8 Å². The first-order valence-corrected chi connectivity index (χ1v) is 21.2. The van der Waals surface area contributed by atoms with Gasteiger partial charge in [0.05, 0.1) is 36.1 Å². The van der Waals surface area contributed by atoms with Gasteiger partial charge in [-0.2, -0.15) is 0 Å². The summed E-state index contributed by atoms with van der Waals surface area (Å²) >= 11 is 0. The number of H-pyrrole nitrogens is 1. The molecule has 0 aliphatic carbocycles. The van der Waals surface area contributed by atoms with Crippen molar-refractivity contribution in [1.29, 1.82) is 0 Å². The van der Waals surface area contributed by atoms with Crippen LogP contribution in [0.3, 0.4) is 0 Å². The van der Waals surface area contributed by atoms with Crippen LogP contribution in [0.1, 0.15) is 77.1 Å². The van der Waals surface area contributed by atoms with E-state index < -0.39 is 35.8 Å². The Bertz CT molecular complexity index is 2560. The molecule has 2 aliphatic heterocycles. The van der Waals surface area contributed by atoms with E-state index in [0.29, 0.717) is 71.9 Å². The molecule has 340 valence electrons. The minimum atomic E-state index is -5.05. The number of likely N-dealkylation sites (tertiary alicyclic amines) is 1. The molecule has 3 N–H and O–H groups in total. The fourth-order valence-corrected chi connectivity index (χ4v) is 8.31. The summed E-state index contributed by atoms with van der Waals surface area (Å²) in [4.78, 5) is 70.2. The summed E-state index contributed by atoms with van der Waals surface area (Å²) in [5.74, 6) is -0.287. The van der Waals surface area contributed by atoms with Crippen molar-refractivity contribution in [3.05, 3.63) is 78.2 Å². The van der Waals surface area contributed by atoms with Crippen molar-refractivity contribution in [2.75, 3.05) is 43.5 Å². The zero-order chi connectivity index (χ0) is 46.2. The standard InChI is InChI=1S/C46H53F3N8O7/c1-25(2)38(54-43(60)62-8)42(59)57-23-26(3)19-35(57)40-52-34-15-11-29-20-28(9-14-33(29)39(34)53-40)32-13-10-30(21-36(32)63-46(47,48)49)41(58)51-31-12-16-37(50-22-31)56-18-17-55(24-27(56)4)44(61)64-45(5,6)7/h9-16,20-22,25-27,35,38H,17-19,23-24H2,1-8H3,(H,51,58)(H,52,53)(H,54,60)/t26-,27+,35-,38-/m0/s1. The molecule has 18 heteroatoms. The first-order chi connectivity index (χ1) is 30.2. The van der Waals surface area contributed by atoms with Crippen LogP contribution in [-0.2, 0) is 14.3 Å². The summed E-state index contributed by atoms with van der Waals surface area (Å²) in [6.07, 6.45) is -4.01. The number of piperazine rings is 1. The third kappa shape index (κ3) is 10.1. The fourth-order valence-electron chi connectivity index (χ4n) is 8.31. The van der Waals surface area contributed by atoms with E-state index in [-0.39, 0.29) is 47.0 Å². The van der Waals surface area contributed by atoms with Gasteiger partial charge >= 0.3 is 18.5 Å². The Labute approximate surface area is 368 Å². The fraction of sp³-hybridized carbons (Fsp3) is 0.435. The highest BCUT2D eigenvalue weighted by Crippen LogP contribution is 2.39. The lowest BCUT2D eigenvalue weighted by Crippen LogP contribution is -2.54. The van der Waals surface area contributed by atoms with Gasteiger partial charge in [-0.3, -0.25) is 9.59 Å². The van der Waals surface area contributed by atoms with Crippen LogP contribution in [0.25, 0.3) is 32.9 Å². The van der Waals surface area contributed by atoms with Crippen molar-refractivity contribution in [3.8, 4) is 16.9 Å². The molecule has 0 saturated carbocycles. The summed E-state index contributed by atoms with van der Waals surface area (Å²) in [6, 6.07) is 14.8. The number of imidazole rings is 1. The molecule has 64 heavy (non-hydrogen) atoms. The second-order valence-corrected chi connectivity index (χ2v) is 17.8. The number of aromatic nitrogens is 3. The quantitative estimate of drug-likeness (QED) is 0.130. The number of hydrogen-bond acceptors (Lipinski definition) is 10. The van der Waals surface area contributed by atoms with Crippen LogP contribution in [0.15, 0.2) is 66.9 Å². The molecule has 0 spiro atoms. The number of methoxy groups -OCH3 is 1. The number of alkyl halides is 3. The second-order valence-electron chi connectivity index (χ2n) is 17.8. The number of fused-ring (bicyclic) bond motifs is 3. The van der Waals surface area contributed by atoms with E-state index in [2.05, 4.69) is 25.3 Å². The highest BCUT2D eigenvalue weighted by Gasteiger charge is 2.40. The highest BCUT2D eigenvalue weighted by molar-refractivity contribution is 6.07. The molecule has 2 aliphatic rings. The maximum Gasteiger partial charge on any atom is 0.573 e. The predicted octanol–water partition coefficient (Wildman–Crippen LogP) is 8.66. The smallest absolute Gasteiger partial charge is 0.453 e. The van der Waals surface area contributed by atoms with Gasteiger partial charge in [0.15, 0.2) is 0 Å². The Morgan fingerprint density at radius 1 is 0.938 bits per heavy atom. The van der Waals surface area contributed by atoms with Crippen molar-refractivity contribution in [2.24, 2.45) is 11.8 Å². The Balaban J connectivity index is 1.09. The molecule has 0 radical (unpaired) electrons. The number of rotatable bonds is 9. The summed E-state index contributed by atoms with van der Waals surface area (Å²) in [5, 5.41) is 6.79. The largest absolute Gasteiger partial charge is 0.573 e. The molecule has 0 bridgehead atoms. The Morgan fingerprint density at radius 2 is 1.70 bits per heavy atom. The van der Waals surface area contributed by atoms with Gasteiger partial charge in [0.25, 0.3) is 5.91 Å². The summed E-state index contributed by atoms with van der Waals surface area (Å²) in [5.41, 5.74) is 1.51. The van der Waals surface area contributed by atoms with E-state index in [4.69, 9.17) is 14.5 Å². The van der Waals surface area contributed by atoms with E-state index in [1.807, 2.05) is 65.5 Å². The SMILES string of the molecule is COC(=O)N[C@H](C(=O)N1C[C@@H](C)C[C@H]1c1nc2c(ccc3cc(-c4ccc(C(=O)Nc5ccc(N6CCN(C(=O)OC(C)(C)C)C[C@H]6C)nc5)cc4OC(F)(F)F)ccc32)[nH]1)C(C)C. The first kappa shape index (κ1) is 45.4. The minimum absolute atomic E-state index is 0.0694. The molecule has 15 nitrogen and oxygen atoms in total. The average Bonchev–Trinajstić information content (AvgIpc) is 3.85. The molecular weight excluding hydrogens is 834 g/mol. The number of anilines is 2. The highest BCUT2D eigenvalue weighted by atomic mass is 19.4. The third-order valence-electron chi connectivity index (χ3n) is 11.3. The molecule has 4 atom stereocenters. The maximum absolute atomic E-state index is 13.9. The number of nitrogens with one attached hydrogen (secondary N) is 3. The van der Waals surface area contributed by atoms with Crippen LogP contribution >= 0.6 is 0 Å². The normalized spacial score (nSPS) is 18.6. The topological polar surface area (TPSA) is 171 Å². The number of carbonyl (C=O) groups is 4. The summed E-state index contributed by atoms with van der Waals surface area (Å²) < 4.78 is 56.3. The Hall–Kier alpha value is -6.59. The second kappa shape index (κ2) is 17.9. The number of carbonyl (C=O) groups excluding carboxylic acids is 4. The van der Waals surface area contributed by atoms with Gasteiger partial charge < -0.3 is 44.5 Å². The number of halogens is 3. The molecule has 0 unspecified atom stereocenters. The molecule has 5 aromatic rings. The molecule has 7 rings (SSSR count). The molecule has 3 aromatic carbocycles. The van der Waals surface area contributed by atoms with E-state index >= 15 is 0 Å². The van der Waals surface area contributed by atoms with Crippen molar-refractivity contribution in [1.82, 2.24) is 30.1 Å².